The van der Waals surface area contributed by atoms with Crippen LogP contribution in [0.25, 0.3) is 0 Å². The summed E-state index contributed by atoms with van der Waals surface area (Å²) in [4.78, 5) is 20.4. The molecule has 0 bridgehead atoms. The van der Waals surface area contributed by atoms with Crippen molar-refractivity contribution in [2.45, 2.75) is 13.3 Å². The molecule has 0 fully saturated rings. The number of aliphatic hydroxyl groups is 1. The van der Waals surface area contributed by atoms with Crippen LogP contribution >= 0.6 is 0 Å². The molecule has 0 saturated heterocycles. The van der Waals surface area contributed by atoms with E-state index in [-0.39, 0.29) is 12.5 Å². The van der Waals surface area contributed by atoms with Crippen molar-refractivity contribution >= 4 is 11.7 Å². The van der Waals surface area contributed by atoms with Crippen molar-refractivity contribution < 1.29 is 9.90 Å². The Balaban J connectivity index is 2.14. The molecule has 0 radical (unpaired) electrons. The summed E-state index contributed by atoms with van der Waals surface area (Å²) in [5, 5.41) is 11.4. The Bertz CT molecular complexity index is 702. The molecule has 2 heterocycles. The number of hydrogen-bond acceptors (Lipinski definition) is 4. The van der Waals surface area contributed by atoms with Gasteiger partial charge in [0.2, 0.25) is 0 Å². The van der Waals surface area contributed by atoms with Crippen LogP contribution in [0.1, 0.15) is 28.2 Å². The maximum Gasteiger partial charge on any atom is 0.275 e. The summed E-state index contributed by atoms with van der Waals surface area (Å²) in [5.41, 5.74) is 1.71. The van der Waals surface area contributed by atoms with E-state index in [1.54, 1.807) is 30.5 Å². The maximum atomic E-state index is 12.1. The number of carbonyl (C=O) groups is 1. The molecule has 106 valence electrons. The number of pyridine rings is 2. The summed E-state index contributed by atoms with van der Waals surface area (Å²) in [7, 11) is 0. The molecule has 21 heavy (non-hydrogen) atoms. The van der Waals surface area contributed by atoms with E-state index in [0.717, 1.165) is 5.56 Å². The number of nitrogens with one attached hydrogen (secondary N) is 1. The molecule has 2 aromatic heterocycles. The van der Waals surface area contributed by atoms with Crippen molar-refractivity contribution in [3.63, 3.8) is 0 Å². The third kappa shape index (κ3) is 4.13. The highest BCUT2D eigenvalue weighted by Crippen LogP contribution is 2.09. The fourth-order valence-corrected chi connectivity index (χ4v) is 1.68. The van der Waals surface area contributed by atoms with Gasteiger partial charge in [0.1, 0.15) is 17.2 Å². The fraction of sp³-hybridized carbons (Fsp3) is 0.188. The minimum Gasteiger partial charge on any atom is -0.395 e. The zero-order chi connectivity index (χ0) is 15.1. The highest BCUT2D eigenvalue weighted by atomic mass is 16.2. The van der Waals surface area contributed by atoms with Crippen molar-refractivity contribution in [3.8, 4) is 11.8 Å². The molecular formula is C16H15N3O2. The van der Waals surface area contributed by atoms with Gasteiger partial charge in [0.15, 0.2) is 0 Å². The number of rotatable bonds is 3. The number of aliphatic hydroxyl groups excluding tert-OH is 1. The van der Waals surface area contributed by atoms with Gasteiger partial charge in [0.25, 0.3) is 5.91 Å². The SMILES string of the molecule is Cc1cccnc1C(=O)Nc1cccc(C#CCCO)n1. The molecule has 5 nitrogen and oxygen atoms in total. The highest BCUT2D eigenvalue weighted by Gasteiger charge is 2.10. The van der Waals surface area contributed by atoms with Crippen molar-refractivity contribution in [1.82, 2.24) is 9.97 Å². The Labute approximate surface area is 123 Å². The number of hydrogen-bond donors (Lipinski definition) is 2. The lowest BCUT2D eigenvalue weighted by Gasteiger charge is -2.06. The van der Waals surface area contributed by atoms with Crippen molar-refractivity contribution in [2.75, 3.05) is 11.9 Å². The van der Waals surface area contributed by atoms with Gasteiger partial charge in [-0.25, -0.2) is 4.98 Å². The lowest BCUT2D eigenvalue weighted by atomic mass is 10.2. The first kappa shape index (κ1) is 14.7. The lowest BCUT2D eigenvalue weighted by Crippen LogP contribution is -2.16. The molecular weight excluding hydrogens is 266 g/mol. The largest absolute Gasteiger partial charge is 0.395 e. The predicted molar refractivity (Wildman–Crippen MR) is 79.7 cm³/mol. The molecule has 0 aliphatic carbocycles. The van der Waals surface area contributed by atoms with Gasteiger partial charge in [-0.2, -0.15) is 0 Å². The summed E-state index contributed by atoms with van der Waals surface area (Å²) in [6.07, 6.45) is 1.97. The summed E-state index contributed by atoms with van der Waals surface area (Å²) >= 11 is 0. The number of aromatic nitrogens is 2. The molecule has 0 aromatic carbocycles. The molecule has 5 heteroatoms. The lowest BCUT2D eigenvalue weighted by molar-refractivity contribution is 0.102. The Morgan fingerprint density at radius 2 is 2.19 bits per heavy atom. The normalized spacial score (nSPS) is 9.62. The molecule has 0 aliphatic heterocycles. The Hall–Kier alpha value is -2.71. The molecule has 2 rings (SSSR count). The smallest absolute Gasteiger partial charge is 0.275 e. The van der Waals surface area contributed by atoms with Crippen LogP contribution in [-0.2, 0) is 0 Å². The van der Waals surface area contributed by atoms with Gasteiger partial charge in [-0.1, -0.05) is 18.1 Å². The first-order valence-corrected chi connectivity index (χ1v) is 6.50. The monoisotopic (exact) mass is 281 g/mol. The van der Waals surface area contributed by atoms with Crippen LogP contribution in [-0.4, -0.2) is 27.6 Å². The van der Waals surface area contributed by atoms with Crippen LogP contribution in [0.2, 0.25) is 0 Å². The van der Waals surface area contributed by atoms with E-state index in [1.165, 1.54) is 0 Å². The number of nitrogens with zero attached hydrogens (tertiary/aromatic N) is 2. The van der Waals surface area contributed by atoms with Gasteiger partial charge in [-0.05, 0) is 36.6 Å². The van der Waals surface area contributed by atoms with Gasteiger partial charge in [-0.15, -0.1) is 0 Å². The molecule has 1 amide bonds. The first-order chi connectivity index (χ1) is 10.2. The van der Waals surface area contributed by atoms with E-state index in [2.05, 4.69) is 27.1 Å². The van der Waals surface area contributed by atoms with Crippen LogP contribution < -0.4 is 5.32 Å². The van der Waals surface area contributed by atoms with Gasteiger partial charge < -0.3 is 10.4 Å². The molecule has 2 aromatic rings. The Morgan fingerprint density at radius 1 is 1.33 bits per heavy atom. The van der Waals surface area contributed by atoms with Crippen LogP contribution in [0.5, 0.6) is 0 Å². The molecule has 0 saturated carbocycles. The van der Waals surface area contributed by atoms with E-state index in [9.17, 15) is 4.79 Å². The number of anilines is 1. The fourth-order valence-electron chi connectivity index (χ4n) is 1.68. The van der Waals surface area contributed by atoms with E-state index in [0.29, 0.717) is 23.6 Å². The molecule has 0 atom stereocenters. The van der Waals surface area contributed by atoms with E-state index >= 15 is 0 Å². The van der Waals surface area contributed by atoms with Crippen LogP contribution in [0, 0.1) is 18.8 Å². The molecule has 0 unspecified atom stereocenters. The molecule has 0 aliphatic rings. The number of aryl methyl sites for hydroxylation is 1. The zero-order valence-electron chi connectivity index (χ0n) is 11.6. The van der Waals surface area contributed by atoms with Crippen molar-refractivity contribution in [3.05, 3.63) is 53.5 Å². The third-order valence-electron chi connectivity index (χ3n) is 2.67. The molecule has 2 N–H and O–H groups in total. The zero-order valence-corrected chi connectivity index (χ0v) is 11.6. The van der Waals surface area contributed by atoms with Crippen LogP contribution in [0.15, 0.2) is 36.5 Å². The van der Waals surface area contributed by atoms with Gasteiger partial charge in [0, 0.05) is 12.6 Å². The third-order valence-corrected chi connectivity index (χ3v) is 2.67. The van der Waals surface area contributed by atoms with Crippen LogP contribution in [0.4, 0.5) is 5.82 Å². The topological polar surface area (TPSA) is 75.1 Å². The Morgan fingerprint density at radius 3 is 2.95 bits per heavy atom. The minimum atomic E-state index is -0.305. The van der Waals surface area contributed by atoms with Gasteiger partial charge in [0.05, 0.1) is 6.61 Å². The summed E-state index contributed by atoms with van der Waals surface area (Å²) in [6, 6.07) is 8.80. The van der Waals surface area contributed by atoms with Crippen molar-refractivity contribution in [1.29, 1.82) is 0 Å². The molecule has 0 spiro atoms. The van der Waals surface area contributed by atoms with E-state index in [4.69, 9.17) is 5.11 Å². The second kappa shape index (κ2) is 7.17. The number of amides is 1. The summed E-state index contributed by atoms with van der Waals surface area (Å²) in [6.45, 7) is 1.84. The maximum absolute atomic E-state index is 12.1. The average molecular weight is 281 g/mol. The first-order valence-electron chi connectivity index (χ1n) is 6.50. The van der Waals surface area contributed by atoms with E-state index < -0.39 is 0 Å². The standard InChI is InChI=1S/C16H15N3O2/c1-12-6-5-10-17-15(12)16(21)19-14-9-4-8-13(18-14)7-2-3-11-20/h4-6,8-10,20H,3,11H2,1H3,(H,18,19,21). The second-order valence-corrected chi connectivity index (χ2v) is 4.31. The number of carbonyl (C=O) groups excluding carboxylic acids is 1. The quantitative estimate of drug-likeness (QED) is 0.841. The van der Waals surface area contributed by atoms with Gasteiger partial charge >= 0.3 is 0 Å². The second-order valence-electron chi connectivity index (χ2n) is 4.31. The predicted octanol–water partition coefficient (Wildman–Crippen LogP) is 1.77. The van der Waals surface area contributed by atoms with E-state index in [1.807, 2.05) is 13.0 Å². The van der Waals surface area contributed by atoms with Crippen LogP contribution in [0.3, 0.4) is 0 Å². The average Bonchev–Trinajstić information content (AvgIpc) is 2.48. The highest BCUT2D eigenvalue weighted by molar-refractivity contribution is 6.03. The Kier molecular flexibility index (Phi) is 5.02. The summed E-state index contributed by atoms with van der Waals surface area (Å²) < 4.78 is 0. The summed E-state index contributed by atoms with van der Waals surface area (Å²) in [5.74, 6) is 5.72. The van der Waals surface area contributed by atoms with Crippen molar-refractivity contribution in [2.24, 2.45) is 0 Å². The minimum absolute atomic E-state index is 0.0163. The van der Waals surface area contributed by atoms with Gasteiger partial charge in [-0.3, -0.25) is 9.78 Å².